The Hall–Kier alpha value is -1.93. The molecule has 1 amide bonds. The molecule has 0 aliphatic carbocycles. The molecule has 0 atom stereocenters. The summed E-state index contributed by atoms with van der Waals surface area (Å²) in [6.45, 7) is 2.19. The maximum atomic E-state index is 13.1. The summed E-state index contributed by atoms with van der Waals surface area (Å²) in [6.07, 6.45) is 3.31. The van der Waals surface area contributed by atoms with E-state index >= 15 is 0 Å². The molecule has 1 fully saturated rings. The highest BCUT2D eigenvalue weighted by atomic mass is 19.1. The van der Waals surface area contributed by atoms with E-state index in [0.29, 0.717) is 17.7 Å². The van der Waals surface area contributed by atoms with E-state index in [-0.39, 0.29) is 18.3 Å². The van der Waals surface area contributed by atoms with E-state index in [1.807, 2.05) is 11.0 Å². The van der Waals surface area contributed by atoms with Gasteiger partial charge in [-0.25, -0.2) is 4.39 Å². The van der Waals surface area contributed by atoms with Crippen molar-refractivity contribution in [1.29, 1.82) is 5.26 Å². The number of amides is 1. The molecule has 20 heavy (non-hydrogen) atoms. The first-order valence-corrected chi connectivity index (χ1v) is 6.88. The van der Waals surface area contributed by atoms with Crippen molar-refractivity contribution in [3.05, 3.63) is 35.1 Å². The van der Waals surface area contributed by atoms with Crippen LogP contribution in [0.25, 0.3) is 0 Å². The van der Waals surface area contributed by atoms with E-state index in [1.165, 1.54) is 24.6 Å². The number of rotatable bonds is 4. The predicted octanol–water partition coefficient (Wildman–Crippen LogP) is 1.80. The molecule has 1 heterocycles. The molecule has 0 saturated carbocycles. The van der Waals surface area contributed by atoms with Crippen LogP contribution in [0.2, 0.25) is 0 Å². The number of nitrogens with one attached hydrogen (secondary N) is 1. The Labute approximate surface area is 118 Å². The molecule has 106 valence electrons. The van der Waals surface area contributed by atoms with Crippen LogP contribution < -0.4 is 5.32 Å². The number of nitrogens with zero attached hydrogens (tertiary/aromatic N) is 2. The zero-order chi connectivity index (χ0) is 14.4. The first-order valence-electron chi connectivity index (χ1n) is 6.88. The lowest BCUT2D eigenvalue weighted by atomic mass is 10.1. The molecule has 1 aliphatic rings. The lowest BCUT2D eigenvalue weighted by Crippen LogP contribution is -2.41. The van der Waals surface area contributed by atoms with Crippen molar-refractivity contribution in [2.24, 2.45) is 0 Å². The van der Waals surface area contributed by atoms with E-state index in [0.717, 1.165) is 25.9 Å². The van der Waals surface area contributed by atoms with Gasteiger partial charge in [-0.2, -0.15) is 5.26 Å². The third-order valence-corrected chi connectivity index (χ3v) is 3.49. The molecule has 1 aromatic carbocycles. The van der Waals surface area contributed by atoms with Gasteiger partial charge in [0.1, 0.15) is 5.82 Å². The van der Waals surface area contributed by atoms with Gasteiger partial charge in [0, 0.05) is 19.6 Å². The second-order valence-electron chi connectivity index (χ2n) is 4.96. The normalized spacial score (nSPS) is 14.9. The number of nitriles is 1. The van der Waals surface area contributed by atoms with Crippen molar-refractivity contribution in [1.82, 2.24) is 10.2 Å². The molecular weight excluding hydrogens is 257 g/mol. The van der Waals surface area contributed by atoms with Gasteiger partial charge in [0.15, 0.2) is 0 Å². The maximum absolute atomic E-state index is 13.1. The Kier molecular flexibility index (Phi) is 5.08. The fourth-order valence-electron chi connectivity index (χ4n) is 2.38. The Bertz CT molecular complexity index is 518. The summed E-state index contributed by atoms with van der Waals surface area (Å²) in [5.41, 5.74) is 1.02. The zero-order valence-corrected chi connectivity index (χ0v) is 11.4. The standard InChI is InChI=1S/C15H18FN3O/c16-14-5-4-12(9-17)13(8-14)10-18-11-15(20)19-6-2-1-3-7-19/h4-5,8,18H,1-3,6-7,10-11H2. The van der Waals surface area contributed by atoms with Gasteiger partial charge in [0.25, 0.3) is 0 Å². The van der Waals surface area contributed by atoms with Crippen molar-refractivity contribution in [2.75, 3.05) is 19.6 Å². The molecule has 1 saturated heterocycles. The topological polar surface area (TPSA) is 56.1 Å². The third kappa shape index (κ3) is 3.78. The minimum Gasteiger partial charge on any atom is -0.342 e. The summed E-state index contributed by atoms with van der Waals surface area (Å²) in [5, 5.41) is 11.9. The number of hydrogen-bond donors (Lipinski definition) is 1. The molecule has 0 spiro atoms. The lowest BCUT2D eigenvalue weighted by Gasteiger charge is -2.26. The van der Waals surface area contributed by atoms with Crippen molar-refractivity contribution in [3.8, 4) is 6.07 Å². The van der Waals surface area contributed by atoms with Crippen LogP contribution in [-0.4, -0.2) is 30.4 Å². The average molecular weight is 275 g/mol. The summed E-state index contributed by atoms with van der Waals surface area (Å²) in [4.78, 5) is 13.8. The Morgan fingerprint density at radius 2 is 2.10 bits per heavy atom. The number of piperidine rings is 1. The average Bonchev–Trinajstić information content (AvgIpc) is 2.48. The van der Waals surface area contributed by atoms with Gasteiger partial charge in [0.2, 0.25) is 5.91 Å². The van der Waals surface area contributed by atoms with Crippen LogP contribution in [0.5, 0.6) is 0 Å². The quantitative estimate of drug-likeness (QED) is 0.911. The summed E-state index contributed by atoms with van der Waals surface area (Å²) in [6, 6.07) is 6.07. The van der Waals surface area contributed by atoms with Crippen molar-refractivity contribution in [3.63, 3.8) is 0 Å². The number of likely N-dealkylation sites (tertiary alicyclic amines) is 1. The van der Waals surface area contributed by atoms with Crippen LogP contribution in [-0.2, 0) is 11.3 Å². The van der Waals surface area contributed by atoms with E-state index in [2.05, 4.69) is 5.32 Å². The highest BCUT2D eigenvalue weighted by molar-refractivity contribution is 5.78. The fourth-order valence-corrected chi connectivity index (χ4v) is 2.38. The highest BCUT2D eigenvalue weighted by Gasteiger charge is 2.15. The number of benzene rings is 1. The van der Waals surface area contributed by atoms with Crippen LogP contribution >= 0.6 is 0 Å². The molecule has 0 unspecified atom stereocenters. The Morgan fingerprint density at radius 3 is 2.80 bits per heavy atom. The first-order chi connectivity index (χ1) is 9.70. The second-order valence-corrected chi connectivity index (χ2v) is 4.96. The van der Waals surface area contributed by atoms with Crippen LogP contribution in [0, 0.1) is 17.1 Å². The van der Waals surface area contributed by atoms with E-state index in [1.54, 1.807) is 0 Å². The van der Waals surface area contributed by atoms with E-state index < -0.39 is 0 Å². The number of carbonyl (C=O) groups excluding carboxylic acids is 1. The molecule has 4 nitrogen and oxygen atoms in total. The Balaban J connectivity index is 1.85. The van der Waals surface area contributed by atoms with Gasteiger partial charge in [-0.05, 0) is 43.0 Å². The summed E-state index contributed by atoms with van der Waals surface area (Å²) in [5.74, 6) is -0.303. The number of hydrogen-bond acceptors (Lipinski definition) is 3. The number of halogens is 1. The van der Waals surface area contributed by atoms with Crippen molar-refractivity contribution >= 4 is 5.91 Å². The van der Waals surface area contributed by atoms with Crippen LogP contribution in [0.1, 0.15) is 30.4 Å². The van der Waals surface area contributed by atoms with Gasteiger partial charge in [0.05, 0.1) is 18.2 Å². The molecule has 1 aromatic rings. The SMILES string of the molecule is N#Cc1ccc(F)cc1CNCC(=O)N1CCCCC1. The third-order valence-electron chi connectivity index (χ3n) is 3.49. The summed E-state index contributed by atoms with van der Waals surface area (Å²) < 4.78 is 13.1. The first kappa shape index (κ1) is 14.5. The molecule has 0 bridgehead atoms. The van der Waals surface area contributed by atoms with E-state index in [9.17, 15) is 9.18 Å². The lowest BCUT2D eigenvalue weighted by molar-refractivity contribution is -0.131. The maximum Gasteiger partial charge on any atom is 0.236 e. The molecule has 5 heteroatoms. The number of carbonyl (C=O) groups is 1. The molecule has 1 aliphatic heterocycles. The molecule has 1 N–H and O–H groups in total. The largest absolute Gasteiger partial charge is 0.342 e. The van der Waals surface area contributed by atoms with Crippen molar-refractivity contribution in [2.45, 2.75) is 25.8 Å². The minimum absolute atomic E-state index is 0.0691. The molecule has 2 rings (SSSR count). The van der Waals surface area contributed by atoms with E-state index in [4.69, 9.17) is 5.26 Å². The zero-order valence-electron chi connectivity index (χ0n) is 11.4. The van der Waals surface area contributed by atoms with Crippen molar-refractivity contribution < 1.29 is 9.18 Å². The fraction of sp³-hybridized carbons (Fsp3) is 0.467. The van der Waals surface area contributed by atoms with Crippen LogP contribution in [0.4, 0.5) is 4.39 Å². The van der Waals surface area contributed by atoms with Gasteiger partial charge in [-0.15, -0.1) is 0 Å². The predicted molar refractivity (Wildman–Crippen MR) is 73.3 cm³/mol. The smallest absolute Gasteiger partial charge is 0.236 e. The molecular formula is C15H18FN3O. The summed E-state index contributed by atoms with van der Waals surface area (Å²) >= 11 is 0. The van der Waals surface area contributed by atoms with Gasteiger partial charge in [-0.1, -0.05) is 0 Å². The van der Waals surface area contributed by atoms with Crippen LogP contribution in [0.15, 0.2) is 18.2 Å². The molecule has 0 aromatic heterocycles. The minimum atomic E-state index is -0.372. The van der Waals surface area contributed by atoms with Gasteiger partial charge in [-0.3, -0.25) is 4.79 Å². The van der Waals surface area contributed by atoms with Crippen LogP contribution in [0.3, 0.4) is 0 Å². The molecule has 0 radical (unpaired) electrons. The second kappa shape index (κ2) is 7.01. The van der Waals surface area contributed by atoms with Gasteiger partial charge >= 0.3 is 0 Å². The highest BCUT2D eigenvalue weighted by Crippen LogP contribution is 2.11. The summed E-state index contributed by atoms with van der Waals surface area (Å²) in [7, 11) is 0. The Morgan fingerprint density at radius 1 is 1.35 bits per heavy atom. The van der Waals surface area contributed by atoms with Gasteiger partial charge < -0.3 is 10.2 Å². The monoisotopic (exact) mass is 275 g/mol.